The molecule has 0 rings (SSSR count). The van der Waals surface area contributed by atoms with Gasteiger partial charge in [-0.25, -0.2) is 8.96 Å². The van der Waals surface area contributed by atoms with E-state index >= 15 is 0 Å². The molecule has 0 spiro atoms. The maximum atomic E-state index is 13.2. The molecule has 0 fully saturated rings. The van der Waals surface area contributed by atoms with Crippen LogP contribution in [0.3, 0.4) is 0 Å². The lowest BCUT2D eigenvalue weighted by molar-refractivity contribution is -0.145. The molecule has 0 amide bonds. The summed E-state index contributed by atoms with van der Waals surface area (Å²) in [6.45, 7) is 0.893. The number of rotatable bonds is 19. The smallest absolute Gasteiger partial charge is 0.462 e. The van der Waals surface area contributed by atoms with Gasteiger partial charge in [-0.05, 0) is 6.42 Å². The number of unbranched alkanes of at least 4 members (excludes halogenated alkanes) is 12. The molecule has 0 saturated heterocycles. The predicted octanol–water partition coefficient (Wildman–Crippen LogP) is 5.46. The van der Waals surface area contributed by atoms with Crippen LogP contribution in [0, 0.1) is 0 Å². The van der Waals surface area contributed by atoms with E-state index in [0.717, 1.165) is 12.8 Å². The molecule has 27 heavy (non-hydrogen) atoms. The largest absolute Gasteiger partial charge is 0.469 e. The van der Waals surface area contributed by atoms with Gasteiger partial charge in [-0.3, -0.25) is 9.32 Å². The number of carbonyl (C=O) groups is 1. The van der Waals surface area contributed by atoms with E-state index in [1.165, 1.54) is 64.2 Å². The minimum absolute atomic E-state index is 0.240. The Labute approximate surface area is 163 Å². The van der Waals surface area contributed by atoms with E-state index in [0.29, 0.717) is 6.42 Å². The monoisotopic (exact) mass is 412 g/mol. The van der Waals surface area contributed by atoms with Crippen molar-refractivity contribution in [1.82, 2.24) is 0 Å². The molecular formula is C19H38FO6P. The average molecular weight is 412 g/mol. The number of ether oxygens (including phenoxy) is 1. The third-order valence-corrected chi connectivity index (χ3v) is 4.82. The number of alkyl halides is 1. The molecule has 1 atom stereocenters. The van der Waals surface area contributed by atoms with E-state index in [-0.39, 0.29) is 6.42 Å². The first-order valence-corrected chi connectivity index (χ1v) is 11.9. The molecule has 0 saturated carbocycles. The van der Waals surface area contributed by atoms with Crippen LogP contribution in [0.5, 0.6) is 0 Å². The quantitative estimate of drug-likeness (QED) is 0.166. The normalized spacial score (nSPS) is 12.9. The van der Waals surface area contributed by atoms with Crippen LogP contribution in [0.4, 0.5) is 4.39 Å². The van der Waals surface area contributed by atoms with Gasteiger partial charge in [0.2, 0.25) is 0 Å². The van der Waals surface area contributed by atoms with Crippen LogP contribution in [0.25, 0.3) is 0 Å². The Morgan fingerprint density at radius 2 is 1.30 bits per heavy atom. The fourth-order valence-electron chi connectivity index (χ4n) is 2.77. The van der Waals surface area contributed by atoms with Gasteiger partial charge >= 0.3 is 13.8 Å². The van der Waals surface area contributed by atoms with Crippen LogP contribution in [0.15, 0.2) is 0 Å². The van der Waals surface area contributed by atoms with Gasteiger partial charge in [0, 0.05) is 6.42 Å². The van der Waals surface area contributed by atoms with Crippen LogP contribution >= 0.6 is 7.82 Å². The van der Waals surface area contributed by atoms with Gasteiger partial charge in [0.15, 0.2) is 6.17 Å². The summed E-state index contributed by atoms with van der Waals surface area (Å²) in [5.41, 5.74) is 0. The third kappa shape index (κ3) is 21.7. The lowest BCUT2D eigenvalue weighted by atomic mass is 10.0. The third-order valence-electron chi connectivity index (χ3n) is 4.33. The molecule has 0 radical (unpaired) electrons. The minimum Gasteiger partial charge on any atom is -0.462 e. The second-order valence-electron chi connectivity index (χ2n) is 7.06. The Balaban J connectivity index is 3.33. The number of esters is 1. The predicted molar refractivity (Wildman–Crippen MR) is 104 cm³/mol. The highest BCUT2D eigenvalue weighted by atomic mass is 31.2. The van der Waals surface area contributed by atoms with Crippen LogP contribution < -0.4 is 0 Å². The number of hydrogen-bond acceptors (Lipinski definition) is 4. The first-order chi connectivity index (χ1) is 12.8. The number of carbonyl (C=O) groups excluding carboxylic acids is 1. The van der Waals surface area contributed by atoms with Crippen LogP contribution in [0.1, 0.15) is 96.8 Å². The first-order valence-electron chi connectivity index (χ1n) is 10.3. The molecule has 0 aromatic heterocycles. The van der Waals surface area contributed by atoms with Gasteiger partial charge in [-0.2, -0.15) is 0 Å². The zero-order valence-corrected chi connectivity index (χ0v) is 17.6. The summed E-state index contributed by atoms with van der Waals surface area (Å²) < 4.78 is 32.4. The van der Waals surface area contributed by atoms with Crippen molar-refractivity contribution >= 4 is 13.8 Å². The number of halogens is 1. The molecule has 0 aliphatic carbocycles. The van der Waals surface area contributed by atoms with Crippen molar-refractivity contribution in [2.24, 2.45) is 0 Å². The molecule has 0 heterocycles. The Morgan fingerprint density at radius 1 is 0.852 bits per heavy atom. The summed E-state index contributed by atoms with van der Waals surface area (Å²) in [6, 6.07) is 0. The van der Waals surface area contributed by atoms with E-state index in [4.69, 9.17) is 14.5 Å². The molecule has 8 heteroatoms. The molecule has 162 valence electrons. The van der Waals surface area contributed by atoms with Gasteiger partial charge in [-0.15, -0.1) is 0 Å². The van der Waals surface area contributed by atoms with Crippen molar-refractivity contribution in [2.45, 2.75) is 103 Å². The van der Waals surface area contributed by atoms with Crippen molar-refractivity contribution in [3.05, 3.63) is 0 Å². The highest BCUT2D eigenvalue weighted by Crippen LogP contribution is 2.35. The van der Waals surface area contributed by atoms with Crippen molar-refractivity contribution in [3.63, 3.8) is 0 Å². The van der Waals surface area contributed by atoms with Crippen molar-refractivity contribution < 1.29 is 32.8 Å². The van der Waals surface area contributed by atoms with E-state index in [9.17, 15) is 13.8 Å². The standard InChI is InChI=1S/C19H38FO6P/c1-2-3-4-5-6-7-8-9-10-11-12-13-14-15-19(21)25-16-18(20)17-26-27(22,23)24/h18H,2-17H2,1H3,(H2,22,23,24)/t18-/m0/s1. The Morgan fingerprint density at radius 3 is 1.74 bits per heavy atom. The summed E-state index contributed by atoms with van der Waals surface area (Å²) in [5, 5.41) is 0. The van der Waals surface area contributed by atoms with Gasteiger partial charge in [0.1, 0.15) is 6.61 Å². The van der Waals surface area contributed by atoms with Gasteiger partial charge in [0.25, 0.3) is 0 Å². The first kappa shape index (κ1) is 26.5. The maximum absolute atomic E-state index is 13.2. The fraction of sp³-hybridized carbons (Fsp3) is 0.947. The zero-order chi connectivity index (χ0) is 20.4. The summed E-state index contributed by atoms with van der Waals surface area (Å²) in [7, 11) is -4.69. The number of phosphoric acid groups is 1. The second-order valence-corrected chi connectivity index (χ2v) is 8.30. The van der Waals surface area contributed by atoms with Gasteiger partial charge < -0.3 is 14.5 Å². The molecule has 0 bridgehead atoms. The topological polar surface area (TPSA) is 93.1 Å². The maximum Gasteiger partial charge on any atom is 0.469 e. The highest BCUT2D eigenvalue weighted by Gasteiger charge is 2.19. The second kappa shape index (κ2) is 17.6. The summed E-state index contributed by atoms with van der Waals surface area (Å²) in [6.07, 6.45) is 14.3. The average Bonchev–Trinajstić information content (AvgIpc) is 2.61. The van der Waals surface area contributed by atoms with Crippen LogP contribution in [-0.4, -0.2) is 35.1 Å². The van der Waals surface area contributed by atoms with E-state index in [2.05, 4.69) is 11.4 Å². The van der Waals surface area contributed by atoms with Gasteiger partial charge in [0.05, 0.1) is 6.61 Å². The highest BCUT2D eigenvalue weighted by molar-refractivity contribution is 7.46. The SMILES string of the molecule is CCCCCCCCCCCCCCCC(=O)OC[C@H](F)COP(=O)(O)O. The van der Waals surface area contributed by atoms with Crippen LogP contribution in [0.2, 0.25) is 0 Å². The lowest BCUT2D eigenvalue weighted by Gasteiger charge is -2.10. The van der Waals surface area contributed by atoms with E-state index < -0.39 is 33.2 Å². The van der Waals surface area contributed by atoms with Gasteiger partial charge in [-0.1, -0.05) is 84.0 Å². The Bertz CT molecular complexity index is 402. The number of phosphoric ester groups is 1. The Kier molecular flexibility index (Phi) is 17.3. The van der Waals surface area contributed by atoms with Crippen molar-refractivity contribution in [2.75, 3.05) is 13.2 Å². The molecule has 2 N–H and O–H groups in total. The van der Waals surface area contributed by atoms with Crippen molar-refractivity contribution in [3.8, 4) is 0 Å². The summed E-state index contributed by atoms with van der Waals surface area (Å²) in [4.78, 5) is 28.4. The molecular weight excluding hydrogens is 374 g/mol. The molecule has 0 aromatic carbocycles. The summed E-state index contributed by atoms with van der Waals surface area (Å²) in [5.74, 6) is -0.489. The Hall–Kier alpha value is -0.490. The number of hydrogen-bond donors (Lipinski definition) is 2. The summed E-state index contributed by atoms with van der Waals surface area (Å²) >= 11 is 0. The van der Waals surface area contributed by atoms with Crippen molar-refractivity contribution in [1.29, 1.82) is 0 Å². The lowest BCUT2D eigenvalue weighted by Crippen LogP contribution is -2.19. The molecule has 0 aliphatic heterocycles. The minimum atomic E-state index is -4.69. The van der Waals surface area contributed by atoms with Crippen LogP contribution in [-0.2, 0) is 18.6 Å². The molecule has 6 nitrogen and oxygen atoms in total. The zero-order valence-electron chi connectivity index (χ0n) is 16.7. The molecule has 0 unspecified atom stereocenters. The fourth-order valence-corrected chi connectivity index (χ4v) is 3.12. The molecule has 0 aromatic rings. The molecule has 0 aliphatic rings. The van der Waals surface area contributed by atoms with E-state index in [1.54, 1.807) is 0 Å². The van der Waals surface area contributed by atoms with E-state index in [1.807, 2.05) is 0 Å².